The third-order valence-electron chi connectivity index (χ3n) is 5.12. The van der Waals surface area contributed by atoms with Crippen molar-refractivity contribution in [3.63, 3.8) is 0 Å². The van der Waals surface area contributed by atoms with E-state index in [0.717, 1.165) is 10.6 Å². The molecule has 8 heteroatoms. The molecule has 2 heterocycles. The van der Waals surface area contributed by atoms with Gasteiger partial charge in [0.05, 0.1) is 5.69 Å². The molecule has 2 aliphatic rings. The number of halogens is 1. The lowest BCUT2D eigenvalue weighted by atomic mass is 10.3. The van der Waals surface area contributed by atoms with E-state index in [1.54, 1.807) is 40.7 Å². The number of carbonyl (C=O) groups is 2. The molecular weight excluding hydrogens is 385 g/mol. The highest BCUT2D eigenvalue weighted by molar-refractivity contribution is 7.65. The highest BCUT2D eigenvalue weighted by Gasteiger charge is 2.56. The van der Waals surface area contributed by atoms with Gasteiger partial charge in [0.25, 0.3) is 7.44 Å². The molecule has 27 heavy (non-hydrogen) atoms. The van der Waals surface area contributed by atoms with Crippen molar-refractivity contribution in [1.29, 1.82) is 0 Å². The summed E-state index contributed by atoms with van der Waals surface area (Å²) >= 11 is 6.02. The summed E-state index contributed by atoms with van der Waals surface area (Å²) in [4.78, 5) is 27.0. The summed E-state index contributed by atoms with van der Waals surface area (Å²) in [5.74, 6) is -0.781. The summed E-state index contributed by atoms with van der Waals surface area (Å²) in [6.07, 6.45) is -0.0731. The van der Waals surface area contributed by atoms with E-state index in [1.165, 1.54) is 0 Å². The molecular formula is C19H19ClN3O3P. The fourth-order valence-corrected chi connectivity index (χ4v) is 7.16. The Kier molecular flexibility index (Phi) is 4.58. The smallest absolute Gasteiger partial charge is 0.252 e. The van der Waals surface area contributed by atoms with Gasteiger partial charge in [-0.3, -0.25) is 14.2 Å². The summed E-state index contributed by atoms with van der Waals surface area (Å²) < 4.78 is 17.6. The van der Waals surface area contributed by atoms with Crippen LogP contribution in [-0.2, 0) is 14.2 Å². The Morgan fingerprint density at radius 1 is 1.00 bits per heavy atom. The predicted molar refractivity (Wildman–Crippen MR) is 106 cm³/mol. The van der Waals surface area contributed by atoms with Crippen molar-refractivity contribution in [1.82, 2.24) is 4.67 Å². The first-order valence-electron chi connectivity index (χ1n) is 8.69. The third-order valence-corrected chi connectivity index (χ3v) is 8.87. The first kappa shape index (κ1) is 18.2. The zero-order valence-electron chi connectivity index (χ0n) is 14.8. The van der Waals surface area contributed by atoms with Crippen LogP contribution in [0.5, 0.6) is 0 Å². The van der Waals surface area contributed by atoms with E-state index < -0.39 is 19.0 Å². The average Bonchev–Trinajstić information content (AvgIpc) is 3.13. The van der Waals surface area contributed by atoms with E-state index in [-0.39, 0.29) is 12.3 Å². The second-order valence-corrected chi connectivity index (χ2v) is 10.1. The molecule has 0 bridgehead atoms. The minimum atomic E-state index is -3.28. The summed E-state index contributed by atoms with van der Waals surface area (Å²) in [7, 11) is -1.53. The minimum Gasteiger partial charge on any atom is -0.309 e. The number of carbonyl (C=O) groups excluding carboxylic acids is 2. The fraction of sp³-hybridized carbons (Fsp3) is 0.263. The first-order valence-corrected chi connectivity index (χ1v) is 10.8. The number of imide groups is 1. The number of para-hydroxylation sites is 1. The molecule has 2 aromatic carbocycles. The van der Waals surface area contributed by atoms with Crippen molar-refractivity contribution < 1.29 is 14.2 Å². The van der Waals surface area contributed by atoms with E-state index in [2.05, 4.69) is 0 Å². The van der Waals surface area contributed by atoms with Crippen molar-refractivity contribution in [2.45, 2.75) is 12.1 Å². The van der Waals surface area contributed by atoms with E-state index in [4.69, 9.17) is 11.6 Å². The van der Waals surface area contributed by atoms with Crippen molar-refractivity contribution in [2.24, 2.45) is 0 Å². The van der Waals surface area contributed by atoms with Gasteiger partial charge in [-0.1, -0.05) is 35.9 Å². The van der Waals surface area contributed by atoms with Crippen LogP contribution in [0, 0.1) is 0 Å². The van der Waals surface area contributed by atoms with Gasteiger partial charge in [0, 0.05) is 30.2 Å². The zero-order valence-corrected chi connectivity index (χ0v) is 16.4. The number of hydrogen-bond donors (Lipinski definition) is 0. The lowest BCUT2D eigenvalue weighted by molar-refractivity contribution is -0.121. The van der Waals surface area contributed by atoms with E-state index in [9.17, 15) is 14.2 Å². The fourth-order valence-electron chi connectivity index (χ4n) is 3.78. The number of benzene rings is 2. The molecule has 2 unspecified atom stereocenters. The van der Waals surface area contributed by atoms with E-state index in [1.807, 2.05) is 30.3 Å². The topological polar surface area (TPSA) is 60.9 Å². The van der Waals surface area contributed by atoms with Gasteiger partial charge in [0.2, 0.25) is 11.8 Å². The highest BCUT2D eigenvalue weighted by Crippen LogP contribution is 2.63. The van der Waals surface area contributed by atoms with Gasteiger partial charge >= 0.3 is 0 Å². The quantitative estimate of drug-likeness (QED) is 0.578. The molecule has 2 atom stereocenters. The van der Waals surface area contributed by atoms with Crippen LogP contribution >= 0.6 is 19.0 Å². The summed E-state index contributed by atoms with van der Waals surface area (Å²) in [6.45, 7) is 1.12. The van der Waals surface area contributed by atoms with E-state index >= 15 is 0 Å². The molecule has 0 N–H and O–H groups in total. The second kappa shape index (κ2) is 6.79. The van der Waals surface area contributed by atoms with Crippen LogP contribution in [-0.4, -0.2) is 42.3 Å². The second-order valence-electron chi connectivity index (χ2n) is 6.70. The van der Waals surface area contributed by atoms with Crippen molar-refractivity contribution in [3.8, 4) is 0 Å². The molecule has 0 saturated carbocycles. The Hall–Kier alpha value is -2.14. The Morgan fingerprint density at radius 3 is 2.41 bits per heavy atom. The van der Waals surface area contributed by atoms with Crippen LogP contribution in [0.2, 0.25) is 5.02 Å². The van der Waals surface area contributed by atoms with Crippen LogP contribution in [0.25, 0.3) is 0 Å². The molecule has 6 nitrogen and oxygen atoms in total. The summed E-state index contributed by atoms with van der Waals surface area (Å²) in [6, 6.07) is 16.0. The molecule has 4 rings (SSSR count). The molecule has 0 aromatic heterocycles. The normalized spacial score (nSPS) is 26.2. The molecule has 2 aliphatic heterocycles. The van der Waals surface area contributed by atoms with Crippen molar-refractivity contribution in [2.75, 3.05) is 29.7 Å². The van der Waals surface area contributed by atoms with E-state index in [0.29, 0.717) is 23.8 Å². The summed E-state index contributed by atoms with van der Waals surface area (Å²) in [5, 5.41) is 0.437. The zero-order chi connectivity index (χ0) is 19.2. The van der Waals surface area contributed by atoms with Crippen LogP contribution in [0.15, 0.2) is 54.6 Å². The lowest BCUT2D eigenvalue weighted by Crippen LogP contribution is -2.35. The van der Waals surface area contributed by atoms with Gasteiger partial charge in [-0.2, -0.15) is 0 Å². The Bertz CT molecular complexity index is 952. The summed E-state index contributed by atoms with van der Waals surface area (Å²) in [5.41, 5.74) is 0.322. The van der Waals surface area contributed by atoms with Gasteiger partial charge in [0.1, 0.15) is 5.66 Å². The highest BCUT2D eigenvalue weighted by atomic mass is 35.5. The standard InChI is InChI=1S/C19H19ClN3O3P/c1-21-10-11-22(15-7-3-2-4-8-15)27(21,26)17-13-18(24)23(19(17)25)16-9-5-6-14(20)12-16/h2-9,12,17H,10-11,13H2,1H3. The number of hydrogen-bond acceptors (Lipinski definition) is 3. The third kappa shape index (κ3) is 2.89. The average molecular weight is 404 g/mol. The molecule has 2 fully saturated rings. The van der Waals surface area contributed by atoms with Gasteiger partial charge in [0.15, 0.2) is 0 Å². The number of likely N-dealkylation sites (N-methyl/N-ethyl adjacent to an activating group) is 1. The van der Waals surface area contributed by atoms with Gasteiger partial charge in [-0.05, 0) is 37.4 Å². The van der Waals surface area contributed by atoms with Crippen LogP contribution in [0.3, 0.4) is 0 Å². The number of anilines is 2. The number of nitrogens with zero attached hydrogens (tertiary/aromatic N) is 3. The molecule has 2 amide bonds. The molecule has 2 saturated heterocycles. The Balaban J connectivity index is 1.73. The van der Waals surface area contributed by atoms with Crippen LogP contribution in [0.4, 0.5) is 11.4 Å². The lowest BCUT2D eigenvalue weighted by Gasteiger charge is -2.33. The SMILES string of the molecule is CN1CCN(c2ccccc2)P1(=O)C1CC(=O)N(c2cccc(Cl)c2)C1=O. The Morgan fingerprint density at radius 2 is 1.70 bits per heavy atom. The largest absolute Gasteiger partial charge is 0.309 e. The number of rotatable bonds is 3. The van der Waals surface area contributed by atoms with Gasteiger partial charge in [-0.25, -0.2) is 9.57 Å². The molecule has 2 aromatic rings. The minimum absolute atomic E-state index is 0.0731. The van der Waals surface area contributed by atoms with Crippen LogP contribution in [0.1, 0.15) is 6.42 Å². The van der Waals surface area contributed by atoms with Crippen molar-refractivity contribution in [3.05, 3.63) is 59.6 Å². The van der Waals surface area contributed by atoms with Crippen molar-refractivity contribution >= 4 is 42.2 Å². The first-order chi connectivity index (χ1) is 12.9. The predicted octanol–water partition coefficient (Wildman–Crippen LogP) is 3.62. The van der Waals surface area contributed by atoms with Crippen LogP contribution < -0.4 is 9.57 Å². The monoisotopic (exact) mass is 403 g/mol. The van der Waals surface area contributed by atoms with Gasteiger partial charge in [-0.15, -0.1) is 0 Å². The molecule has 140 valence electrons. The maximum Gasteiger partial charge on any atom is 0.252 e. The van der Waals surface area contributed by atoms with Gasteiger partial charge < -0.3 is 4.67 Å². The number of amides is 2. The maximum atomic E-state index is 14.1. The Labute approximate surface area is 162 Å². The molecule has 0 spiro atoms. The molecule has 0 radical (unpaired) electrons. The molecule has 0 aliphatic carbocycles. The maximum absolute atomic E-state index is 14.1.